The van der Waals surface area contributed by atoms with E-state index in [1.165, 1.54) is 11.8 Å². The van der Waals surface area contributed by atoms with Crippen molar-refractivity contribution in [1.29, 1.82) is 5.26 Å². The predicted octanol–water partition coefficient (Wildman–Crippen LogP) is 4.57. The topological polar surface area (TPSA) is 80.8 Å². The standard InChI is InChI=1S/C24H20N4O2S/c1-15-13-26-21(16(2)22(15)30-3)14-31-24-27-20-7-5-4-6-19(20)23(29)28(24)18-10-8-17(12-25)9-11-18/h4-11,13H,14H2,1-3H3. The minimum atomic E-state index is -0.149. The zero-order valence-corrected chi connectivity index (χ0v) is 18.2. The molecule has 0 aliphatic carbocycles. The first-order valence-corrected chi connectivity index (χ1v) is 10.7. The quantitative estimate of drug-likeness (QED) is 0.342. The van der Waals surface area contributed by atoms with Gasteiger partial charge in [0, 0.05) is 23.1 Å². The molecular weight excluding hydrogens is 408 g/mol. The molecule has 0 radical (unpaired) electrons. The Labute approximate surface area is 184 Å². The first kappa shape index (κ1) is 20.6. The Kier molecular flexibility index (Phi) is 5.74. The average Bonchev–Trinajstić information content (AvgIpc) is 2.79. The van der Waals surface area contributed by atoms with Gasteiger partial charge in [-0.3, -0.25) is 14.3 Å². The van der Waals surface area contributed by atoms with Crippen molar-refractivity contribution in [2.75, 3.05) is 7.11 Å². The van der Waals surface area contributed by atoms with Crippen LogP contribution >= 0.6 is 11.8 Å². The van der Waals surface area contributed by atoms with Crippen LogP contribution in [0.4, 0.5) is 0 Å². The van der Waals surface area contributed by atoms with Crippen molar-refractivity contribution in [3.8, 4) is 17.5 Å². The van der Waals surface area contributed by atoms with Crippen LogP contribution in [0.3, 0.4) is 0 Å². The third-order valence-corrected chi connectivity index (χ3v) is 6.04. The summed E-state index contributed by atoms with van der Waals surface area (Å²) < 4.78 is 7.11. The molecule has 0 amide bonds. The summed E-state index contributed by atoms with van der Waals surface area (Å²) >= 11 is 1.44. The van der Waals surface area contributed by atoms with Crippen LogP contribution in [-0.4, -0.2) is 21.6 Å². The molecule has 0 saturated carbocycles. The fourth-order valence-corrected chi connectivity index (χ4v) is 4.51. The van der Waals surface area contributed by atoms with E-state index in [1.807, 2.05) is 32.0 Å². The molecule has 6 nitrogen and oxygen atoms in total. The van der Waals surface area contributed by atoms with Crippen LogP contribution in [0.15, 0.2) is 64.7 Å². The Hall–Kier alpha value is -3.63. The molecule has 0 spiro atoms. The van der Waals surface area contributed by atoms with Gasteiger partial charge in [0.1, 0.15) is 5.75 Å². The normalized spacial score (nSPS) is 10.8. The van der Waals surface area contributed by atoms with Crippen LogP contribution in [0.2, 0.25) is 0 Å². The number of fused-ring (bicyclic) bond motifs is 1. The Balaban J connectivity index is 1.81. The third kappa shape index (κ3) is 3.90. The Bertz CT molecular complexity index is 1370. The monoisotopic (exact) mass is 428 g/mol. The van der Waals surface area contributed by atoms with E-state index in [-0.39, 0.29) is 5.56 Å². The molecule has 4 aromatic rings. The molecule has 31 heavy (non-hydrogen) atoms. The number of pyridine rings is 1. The van der Waals surface area contributed by atoms with Crippen LogP contribution in [0.5, 0.6) is 5.75 Å². The number of aromatic nitrogens is 3. The molecule has 2 aromatic carbocycles. The molecule has 2 aromatic heterocycles. The van der Waals surface area contributed by atoms with E-state index >= 15 is 0 Å². The maximum absolute atomic E-state index is 13.3. The third-order valence-electron chi connectivity index (χ3n) is 5.09. The van der Waals surface area contributed by atoms with Crippen LogP contribution in [-0.2, 0) is 5.75 Å². The highest BCUT2D eigenvalue weighted by Gasteiger charge is 2.16. The summed E-state index contributed by atoms with van der Waals surface area (Å²) in [5.74, 6) is 1.35. The number of aryl methyl sites for hydroxylation is 1. The lowest BCUT2D eigenvalue weighted by atomic mass is 10.1. The lowest BCUT2D eigenvalue weighted by Gasteiger charge is -2.15. The first-order valence-electron chi connectivity index (χ1n) is 9.67. The van der Waals surface area contributed by atoms with Crippen molar-refractivity contribution in [3.63, 3.8) is 0 Å². The molecule has 154 valence electrons. The number of benzene rings is 2. The van der Waals surface area contributed by atoms with E-state index < -0.39 is 0 Å². The van der Waals surface area contributed by atoms with E-state index in [9.17, 15) is 4.79 Å². The molecule has 0 atom stereocenters. The van der Waals surface area contributed by atoms with Crippen LogP contribution < -0.4 is 10.3 Å². The maximum Gasteiger partial charge on any atom is 0.266 e. The molecule has 0 unspecified atom stereocenters. The van der Waals surface area contributed by atoms with Crippen molar-refractivity contribution in [3.05, 3.63) is 87.5 Å². The van der Waals surface area contributed by atoms with Crippen LogP contribution in [0.25, 0.3) is 16.6 Å². The van der Waals surface area contributed by atoms with Crippen molar-refractivity contribution in [2.45, 2.75) is 24.8 Å². The molecule has 7 heteroatoms. The fraction of sp³-hybridized carbons (Fsp3) is 0.167. The van der Waals surface area contributed by atoms with E-state index in [1.54, 1.807) is 48.2 Å². The number of hydrogen-bond donors (Lipinski definition) is 0. The van der Waals surface area contributed by atoms with Crippen molar-refractivity contribution >= 4 is 22.7 Å². The summed E-state index contributed by atoms with van der Waals surface area (Å²) in [5.41, 5.74) is 4.52. The molecule has 2 heterocycles. The largest absolute Gasteiger partial charge is 0.496 e. The second kappa shape index (κ2) is 8.62. The summed E-state index contributed by atoms with van der Waals surface area (Å²) in [6.07, 6.45) is 1.79. The molecule has 0 fully saturated rings. The number of nitriles is 1. The van der Waals surface area contributed by atoms with Gasteiger partial charge in [-0.15, -0.1) is 0 Å². The summed E-state index contributed by atoms with van der Waals surface area (Å²) in [6, 6.07) is 16.3. The van der Waals surface area contributed by atoms with Gasteiger partial charge in [0.05, 0.1) is 41.0 Å². The Morgan fingerprint density at radius 1 is 1.13 bits per heavy atom. The molecule has 4 rings (SSSR count). The summed E-state index contributed by atoms with van der Waals surface area (Å²) in [7, 11) is 1.65. The fourth-order valence-electron chi connectivity index (χ4n) is 3.47. The number of ether oxygens (including phenoxy) is 1. The van der Waals surface area contributed by atoms with E-state index in [2.05, 4.69) is 11.1 Å². The van der Waals surface area contributed by atoms with Crippen molar-refractivity contribution in [1.82, 2.24) is 14.5 Å². The van der Waals surface area contributed by atoms with Gasteiger partial charge in [0.25, 0.3) is 5.56 Å². The highest BCUT2D eigenvalue weighted by Crippen LogP contribution is 2.29. The lowest BCUT2D eigenvalue weighted by molar-refractivity contribution is 0.407. The molecule has 0 aliphatic rings. The Morgan fingerprint density at radius 2 is 1.87 bits per heavy atom. The smallest absolute Gasteiger partial charge is 0.266 e. The van der Waals surface area contributed by atoms with E-state index in [0.717, 1.165) is 22.6 Å². The number of methoxy groups -OCH3 is 1. The lowest BCUT2D eigenvalue weighted by Crippen LogP contribution is -2.21. The number of rotatable bonds is 5. The van der Waals surface area contributed by atoms with E-state index in [4.69, 9.17) is 15.0 Å². The molecule has 0 saturated heterocycles. The first-order chi connectivity index (χ1) is 15.0. The summed E-state index contributed by atoms with van der Waals surface area (Å²) in [4.78, 5) is 22.7. The molecular formula is C24H20N4O2S. The van der Waals surface area contributed by atoms with Gasteiger partial charge in [0.15, 0.2) is 5.16 Å². The summed E-state index contributed by atoms with van der Waals surface area (Å²) in [5, 5.41) is 10.2. The Morgan fingerprint density at radius 3 is 2.58 bits per heavy atom. The number of para-hydroxylation sites is 1. The summed E-state index contributed by atoms with van der Waals surface area (Å²) in [6.45, 7) is 3.94. The van der Waals surface area contributed by atoms with Crippen LogP contribution in [0.1, 0.15) is 22.4 Å². The highest BCUT2D eigenvalue weighted by molar-refractivity contribution is 7.98. The SMILES string of the molecule is COc1c(C)cnc(CSc2nc3ccccc3c(=O)n2-c2ccc(C#N)cc2)c1C. The van der Waals surface area contributed by atoms with Gasteiger partial charge >= 0.3 is 0 Å². The zero-order valence-electron chi connectivity index (χ0n) is 17.4. The zero-order chi connectivity index (χ0) is 22.0. The van der Waals surface area contributed by atoms with Gasteiger partial charge in [-0.25, -0.2) is 4.98 Å². The highest BCUT2D eigenvalue weighted by atomic mass is 32.2. The van der Waals surface area contributed by atoms with Crippen LogP contribution in [0, 0.1) is 25.2 Å². The number of hydrogen-bond acceptors (Lipinski definition) is 6. The van der Waals surface area contributed by atoms with Gasteiger partial charge in [-0.1, -0.05) is 23.9 Å². The van der Waals surface area contributed by atoms with E-state index in [0.29, 0.717) is 33.1 Å². The van der Waals surface area contributed by atoms with Gasteiger partial charge < -0.3 is 4.74 Å². The maximum atomic E-state index is 13.3. The number of thioether (sulfide) groups is 1. The predicted molar refractivity (Wildman–Crippen MR) is 122 cm³/mol. The minimum Gasteiger partial charge on any atom is -0.496 e. The minimum absolute atomic E-state index is 0.149. The van der Waals surface area contributed by atoms with Crippen molar-refractivity contribution in [2.24, 2.45) is 0 Å². The van der Waals surface area contributed by atoms with Gasteiger partial charge in [0.2, 0.25) is 0 Å². The van der Waals surface area contributed by atoms with Gasteiger partial charge in [-0.2, -0.15) is 5.26 Å². The molecule has 0 N–H and O–H groups in total. The molecule has 0 aliphatic heterocycles. The molecule has 0 bridgehead atoms. The van der Waals surface area contributed by atoms with Crippen molar-refractivity contribution < 1.29 is 4.74 Å². The second-order valence-corrected chi connectivity index (χ2v) is 7.99. The number of nitrogens with zero attached hydrogens (tertiary/aromatic N) is 4. The average molecular weight is 429 g/mol. The van der Waals surface area contributed by atoms with Gasteiger partial charge in [-0.05, 0) is 50.2 Å². The second-order valence-electron chi connectivity index (χ2n) is 7.05.